The Kier molecular flexibility index (Phi) is 3.02. The molecule has 0 amide bonds. The van der Waals surface area contributed by atoms with Crippen LogP contribution in [0.5, 0.6) is 0 Å². The number of hydrogen-bond donors (Lipinski definition) is 0. The van der Waals surface area contributed by atoms with Gasteiger partial charge in [0.2, 0.25) is 0 Å². The van der Waals surface area contributed by atoms with Gasteiger partial charge in [-0.2, -0.15) is 0 Å². The molecule has 0 fully saturated rings. The van der Waals surface area contributed by atoms with Crippen LogP contribution >= 0.6 is 0 Å². The Balaban J connectivity index is 2.10. The van der Waals surface area contributed by atoms with Gasteiger partial charge in [-0.1, -0.05) is 0 Å². The van der Waals surface area contributed by atoms with Gasteiger partial charge in [0, 0.05) is 36.1 Å². The summed E-state index contributed by atoms with van der Waals surface area (Å²) in [5.74, 6) is 1.23. The first kappa shape index (κ1) is 11.6. The fraction of sp³-hybridized carbons (Fsp3) is 0.500. The summed E-state index contributed by atoms with van der Waals surface area (Å²) in [4.78, 5) is 2.39. The van der Waals surface area contributed by atoms with E-state index in [1.165, 1.54) is 41.7 Å². The van der Waals surface area contributed by atoms with Crippen LogP contribution in [-0.4, -0.2) is 13.1 Å². The van der Waals surface area contributed by atoms with E-state index in [9.17, 15) is 0 Å². The van der Waals surface area contributed by atoms with Gasteiger partial charge in [-0.3, -0.25) is 0 Å². The van der Waals surface area contributed by atoms with Gasteiger partial charge < -0.3 is 9.32 Å². The minimum atomic E-state index is 1.06. The lowest BCUT2D eigenvalue weighted by molar-refractivity contribution is 0.506. The molecule has 1 heterocycles. The van der Waals surface area contributed by atoms with E-state index in [1.807, 2.05) is 0 Å². The van der Waals surface area contributed by atoms with E-state index in [2.05, 4.69) is 36.9 Å². The van der Waals surface area contributed by atoms with Crippen molar-refractivity contribution in [2.45, 2.75) is 39.5 Å². The molecule has 1 aromatic carbocycles. The van der Waals surface area contributed by atoms with Gasteiger partial charge in [0.05, 0.1) is 0 Å². The molecule has 0 saturated carbocycles. The highest BCUT2D eigenvalue weighted by Crippen LogP contribution is 2.34. The number of rotatable bonds is 3. The van der Waals surface area contributed by atoms with Crippen LogP contribution in [0.2, 0.25) is 0 Å². The number of anilines is 1. The highest BCUT2D eigenvalue weighted by atomic mass is 16.3. The fourth-order valence-electron chi connectivity index (χ4n) is 3.04. The molecule has 0 N–H and O–H groups in total. The molecule has 0 saturated heterocycles. The third kappa shape index (κ3) is 1.80. The number of benzene rings is 1. The van der Waals surface area contributed by atoms with Crippen LogP contribution in [0.25, 0.3) is 11.0 Å². The van der Waals surface area contributed by atoms with Crippen LogP contribution < -0.4 is 4.90 Å². The van der Waals surface area contributed by atoms with Crippen LogP contribution in [0.4, 0.5) is 5.69 Å². The number of aryl methyl sites for hydroxylation is 2. The zero-order valence-electron chi connectivity index (χ0n) is 11.3. The van der Waals surface area contributed by atoms with E-state index < -0.39 is 0 Å². The summed E-state index contributed by atoms with van der Waals surface area (Å²) >= 11 is 0. The molecule has 18 heavy (non-hydrogen) atoms. The first-order valence-corrected chi connectivity index (χ1v) is 7.12. The molecule has 2 heteroatoms. The Morgan fingerprint density at radius 2 is 1.89 bits per heavy atom. The van der Waals surface area contributed by atoms with Crippen molar-refractivity contribution in [3.05, 3.63) is 29.5 Å². The van der Waals surface area contributed by atoms with Gasteiger partial charge in [0.15, 0.2) is 0 Å². The summed E-state index contributed by atoms with van der Waals surface area (Å²) in [5, 5.41) is 1.34. The standard InChI is InChI=1S/C16H21NO/c1-3-17(4-2)12-9-10-16-14(11-12)13-7-5-6-8-15(13)18-16/h9-11H,3-8H2,1-2H3. The summed E-state index contributed by atoms with van der Waals surface area (Å²) in [6, 6.07) is 6.64. The fourth-order valence-corrected chi connectivity index (χ4v) is 3.04. The Labute approximate surface area is 109 Å². The molecule has 1 aliphatic rings. The van der Waals surface area contributed by atoms with Crippen molar-refractivity contribution in [2.24, 2.45) is 0 Å². The SMILES string of the molecule is CCN(CC)c1ccc2oc3c(c2c1)CCCC3. The van der Waals surface area contributed by atoms with E-state index >= 15 is 0 Å². The highest BCUT2D eigenvalue weighted by Gasteiger charge is 2.18. The normalized spacial score (nSPS) is 14.8. The van der Waals surface area contributed by atoms with Crippen molar-refractivity contribution in [1.29, 1.82) is 0 Å². The second-order valence-electron chi connectivity index (χ2n) is 5.06. The number of nitrogens with zero attached hydrogens (tertiary/aromatic N) is 1. The second kappa shape index (κ2) is 4.68. The third-order valence-corrected chi connectivity index (χ3v) is 4.07. The predicted molar refractivity (Wildman–Crippen MR) is 76.4 cm³/mol. The van der Waals surface area contributed by atoms with Gasteiger partial charge in [-0.25, -0.2) is 0 Å². The molecule has 2 nitrogen and oxygen atoms in total. The van der Waals surface area contributed by atoms with E-state index in [-0.39, 0.29) is 0 Å². The Morgan fingerprint density at radius 3 is 2.67 bits per heavy atom. The van der Waals surface area contributed by atoms with Crippen LogP contribution in [0.15, 0.2) is 22.6 Å². The maximum atomic E-state index is 5.97. The third-order valence-electron chi connectivity index (χ3n) is 4.07. The summed E-state index contributed by atoms with van der Waals surface area (Å²) in [7, 11) is 0. The molecule has 3 rings (SSSR count). The smallest absolute Gasteiger partial charge is 0.134 e. The van der Waals surface area contributed by atoms with Crippen molar-refractivity contribution in [3.8, 4) is 0 Å². The first-order chi connectivity index (χ1) is 8.83. The molecule has 0 spiro atoms. The lowest BCUT2D eigenvalue weighted by atomic mass is 9.96. The molecule has 96 valence electrons. The molecular weight excluding hydrogens is 222 g/mol. The molecule has 2 aromatic rings. The van der Waals surface area contributed by atoms with Crippen molar-refractivity contribution in [2.75, 3.05) is 18.0 Å². The van der Waals surface area contributed by atoms with Gasteiger partial charge >= 0.3 is 0 Å². The molecule has 0 atom stereocenters. The molecule has 0 unspecified atom stereocenters. The van der Waals surface area contributed by atoms with Gasteiger partial charge in [0.25, 0.3) is 0 Å². The van der Waals surface area contributed by atoms with E-state index in [1.54, 1.807) is 0 Å². The molecule has 1 aromatic heterocycles. The Morgan fingerprint density at radius 1 is 1.11 bits per heavy atom. The largest absolute Gasteiger partial charge is 0.461 e. The predicted octanol–water partition coefficient (Wildman–Crippen LogP) is 4.16. The van der Waals surface area contributed by atoms with Crippen LogP contribution in [-0.2, 0) is 12.8 Å². The quantitative estimate of drug-likeness (QED) is 0.805. The molecule has 0 radical (unpaired) electrons. The maximum Gasteiger partial charge on any atom is 0.134 e. The van der Waals surface area contributed by atoms with Crippen molar-refractivity contribution in [1.82, 2.24) is 0 Å². The van der Waals surface area contributed by atoms with Gasteiger partial charge in [0.1, 0.15) is 11.3 Å². The average Bonchev–Trinajstić information content (AvgIpc) is 2.78. The number of hydrogen-bond acceptors (Lipinski definition) is 2. The monoisotopic (exact) mass is 243 g/mol. The lowest BCUT2D eigenvalue weighted by Crippen LogP contribution is -2.21. The zero-order valence-corrected chi connectivity index (χ0v) is 11.3. The zero-order chi connectivity index (χ0) is 12.5. The maximum absolute atomic E-state index is 5.97. The first-order valence-electron chi connectivity index (χ1n) is 7.12. The van der Waals surface area contributed by atoms with Crippen molar-refractivity contribution < 1.29 is 4.42 Å². The Hall–Kier alpha value is -1.44. The van der Waals surface area contributed by atoms with E-state index in [0.29, 0.717) is 0 Å². The molecular formula is C16H21NO. The summed E-state index contributed by atoms with van der Waals surface area (Å²) in [5.41, 5.74) is 3.85. The summed E-state index contributed by atoms with van der Waals surface area (Å²) < 4.78 is 5.97. The minimum absolute atomic E-state index is 1.06. The van der Waals surface area contributed by atoms with E-state index in [4.69, 9.17) is 4.42 Å². The van der Waals surface area contributed by atoms with Crippen LogP contribution in [0.1, 0.15) is 38.0 Å². The Bertz CT molecular complexity index is 551. The van der Waals surface area contributed by atoms with Gasteiger partial charge in [-0.05, 0) is 51.3 Å². The average molecular weight is 243 g/mol. The summed E-state index contributed by atoms with van der Waals surface area (Å²) in [6.45, 7) is 6.53. The highest BCUT2D eigenvalue weighted by molar-refractivity contribution is 5.86. The molecule has 1 aliphatic carbocycles. The van der Waals surface area contributed by atoms with E-state index in [0.717, 1.165) is 25.1 Å². The van der Waals surface area contributed by atoms with Gasteiger partial charge in [-0.15, -0.1) is 0 Å². The second-order valence-corrected chi connectivity index (χ2v) is 5.06. The van der Waals surface area contributed by atoms with Crippen LogP contribution in [0.3, 0.4) is 0 Å². The van der Waals surface area contributed by atoms with Crippen LogP contribution in [0, 0.1) is 0 Å². The lowest BCUT2D eigenvalue weighted by Gasteiger charge is -2.21. The minimum Gasteiger partial charge on any atom is -0.461 e. The topological polar surface area (TPSA) is 16.4 Å². The van der Waals surface area contributed by atoms with Crippen molar-refractivity contribution in [3.63, 3.8) is 0 Å². The molecule has 0 aliphatic heterocycles. The summed E-state index contributed by atoms with van der Waals surface area (Å²) in [6.07, 6.45) is 4.88. The number of fused-ring (bicyclic) bond motifs is 3. The number of furan rings is 1. The van der Waals surface area contributed by atoms with Crippen molar-refractivity contribution >= 4 is 16.7 Å². The molecule has 0 bridgehead atoms.